The van der Waals surface area contributed by atoms with Crippen molar-refractivity contribution in [1.29, 1.82) is 0 Å². The zero-order valence-corrected chi connectivity index (χ0v) is 12.1. The second-order valence-electron chi connectivity index (χ2n) is 5.69. The highest BCUT2D eigenvalue weighted by Gasteiger charge is 2.37. The molecule has 1 atom stereocenters. The van der Waals surface area contributed by atoms with Crippen molar-refractivity contribution in [3.63, 3.8) is 0 Å². The molecule has 3 heteroatoms. The fourth-order valence-electron chi connectivity index (χ4n) is 3.36. The Bertz CT molecular complexity index is 781. The minimum atomic E-state index is -0.304. The summed E-state index contributed by atoms with van der Waals surface area (Å²) in [6.45, 7) is 1.39. The highest BCUT2D eigenvalue weighted by Crippen LogP contribution is 2.39. The van der Waals surface area contributed by atoms with Crippen LogP contribution in [0.1, 0.15) is 18.4 Å². The summed E-state index contributed by atoms with van der Waals surface area (Å²) in [5.41, 5.74) is 2.73. The summed E-state index contributed by atoms with van der Waals surface area (Å²) in [6, 6.07) is 14.5. The lowest BCUT2D eigenvalue weighted by molar-refractivity contribution is -0.0560. The first-order valence-electron chi connectivity index (χ1n) is 7.37. The van der Waals surface area contributed by atoms with E-state index in [0.29, 0.717) is 6.61 Å². The normalized spacial score (nSPS) is 22.3. The van der Waals surface area contributed by atoms with Gasteiger partial charge in [0.1, 0.15) is 16.8 Å². The van der Waals surface area contributed by atoms with Crippen molar-refractivity contribution in [2.24, 2.45) is 0 Å². The van der Waals surface area contributed by atoms with Gasteiger partial charge in [0.05, 0.1) is 6.61 Å². The number of methoxy groups -OCH3 is 1. The number of fused-ring (bicyclic) bond motifs is 3. The lowest BCUT2D eigenvalue weighted by Gasteiger charge is -2.28. The van der Waals surface area contributed by atoms with E-state index < -0.39 is 0 Å². The zero-order chi connectivity index (χ0) is 14.3. The highest BCUT2D eigenvalue weighted by molar-refractivity contribution is 6.05. The molecule has 0 radical (unpaired) electrons. The molecule has 1 aromatic heterocycles. The van der Waals surface area contributed by atoms with E-state index in [1.54, 1.807) is 7.11 Å². The molecule has 3 aromatic rings. The third kappa shape index (κ3) is 1.96. The zero-order valence-electron chi connectivity index (χ0n) is 12.1. The number of hydrogen-bond acceptors (Lipinski definition) is 3. The molecule has 0 spiro atoms. The highest BCUT2D eigenvalue weighted by atomic mass is 16.5. The first-order chi connectivity index (χ1) is 10.3. The minimum absolute atomic E-state index is 0.304. The number of hydrogen-bond donors (Lipinski definition) is 0. The van der Waals surface area contributed by atoms with Crippen LogP contribution in [0.2, 0.25) is 0 Å². The minimum Gasteiger partial charge on any atom is -0.456 e. The molecule has 2 aromatic carbocycles. The SMILES string of the molecule is COCC1(c2ccc3oc4ccccc4c3c2)CCCO1. The number of para-hydroxylation sites is 1. The molecule has 1 saturated heterocycles. The van der Waals surface area contributed by atoms with Crippen LogP contribution in [0.5, 0.6) is 0 Å². The third-order valence-corrected chi connectivity index (χ3v) is 4.38. The Morgan fingerprint density at radius 3 is 2.76 bits per heavy atom. The van der Waals surface area contributed by atoms with Gasteiger partial charge in [0, 0.05) is 24.5 Å². The maximum atomic E-state index is 6.05. The van der Waals surface area contributed by atoms with Crippen LogP contribution in [0.15, 0.2) is 46.9 Å². The van der Waals surface area contributed by atoms with Gasteiger partial charge in [-0.3, -0.25) is 0 Å². The Hall–Kier alpha value is -1.84. The first kappa shape index (κ1) is 12.9. The van der Waals surface area contributed by atoms with Crippen LogP contribution in [0, 0.1) is 0 Å². The fourth-order valence-corrected chi connectivity index (χ4v) is 3.36. The lowest BCUT2D eigenvalue weighted by Crippen LogP contribution is -2.30. The van der Waals surface area contributed by atoms with Crippen molar-refractivity contribution in [2.75, 3.05) is 20.3 Å². The Morgan fingerprint density at radius 2 is 1.95 bits per heavy atom. The average Bonchev–Trinajstić information content (AvgIpc) is 3.12. The molecule has 0 saturated carbocycles. The van der Waals surface area contributed by atoms with Crippen LogP contribution in [0.25, 0.3) is 21.9 Å². The summed E-state index contributed by atoms with van der Waals surface area (Å²) in [6.07, 6.45) is 2.08. The van der Waals surface area contributed by atoms with E-state index in [2.05, 4.69) is 18.2 Å². The molecule has 1 aliphatic heterocycles. The van der Waals surface area contributed by atoms with Gasteiger partial charge < -0.3 is 13.9 Å². The molecule has 21 heavy (non-hydrogen) atoms. The monoisotopic (exact) mass is 282 g/mol. The molecular weight excluding hydrogens is 264 g/mol. The molecule has 1 aliphatic rings. The van der Waals surface area contributed by atoms with Crippen molar-refractivity contribution in [3.05, 3.63) is 48.0 Å². The van der Waals surface area contributed by atoms with Crippen molar-refractivity contribution in [2.45, 2.75) is 18.4 Å². The molecule has 4 rings (SSSR count). The van der Waals surface area contributed by atoms with Gasteiger partial charge in [-0.2, -0.15) is 0 Å². The predicted molar refractivity (Wildman–Crippen MR) is 82.5 cm³/mol. The molecule has 0 amide bonds. The van der Waals surface area contributed by atoms with Crippen LogP contribution in [0.3, 0.4) is 0 Å². The van der Waals surface area contributed by atoms with E-state index in [9.17, 15) is 0 Å². The van der Waals surface area contributed by atoms with E-state index in [1.807, 2.05) is 24.3 Å². The second kappa shape index (κ2) is 4.86. The van der Waals surface area contributed by atoms with Gasteiger partial charge in [0.15, 0.2) is 0 Å². The van der Waals surface area contributed by atoms with E-state index in [-0.39, 0.29) is 5.60 Å². The van der Waals surface area contributed by atoms with Crippen LogP contribution in [-0.4, -0.2) is 20.3 Å². The molecule has 0 N–H and O–H groups in total. The number of furan rings is 1. The Kier molecular flexibility index (Phi) is 2.98. The second-order valence-corrected chi connectivity index (χ2v) is 5.69. The number of benzene rings is 2. The number of ether oxygens (including phenoxy) is 2. The summed E-state index contributed by atoms with van der Waals surface area (Å²) in [5.74, 6) is 0. The Labute approximate surface area is 123 Å². The molecule has 0 aliphatic carbocycles. The van der Waals surface area contributed by atoms with E-state index in [0.717, 1.165) is 41.4 Å². The first-order valence-corrected chi connectivity index (χ1v) is 7.37. The van der Waals surface area contributed by atoms with Crippen LogP contribution in [0.4, 0.5) is 0 Å². The summed E-state index contributed by atoms with van der Waals surface area (Å²) >= 11 is 0. The van der Waals surface area contributed by atoms with Gasteiger partial charge in [-0.25, -0.2) is 0 Å². The molecular formula is C18H18O3. The van der Waals surface area contributed by atoms with Gasteiger partial charge in [0.2, 0.25) is 0 Å². The Balaban J connectivity index is 1.91. The molecule has 108 valence electrons. The molecule has 0 bridgehead atoms. The largest absolute Gasteiger partial charge is 0.456 e. The van der Waals surface area contributed by atoms with E-state index in [4.69, 9.17) is 13.9 Å². The van der Waals surface area contributed by atoms with Gasteiger partial charge in [-0.05, 0) is 36.6 Å². The summed E-state index contributed by atoms with van der Waals surface area (Å²) in [7, 11) is 1.73. The molecule has 1 fully saturated rings. The topological polar surface area (TPSA) is 31.6 Å². The number of rotatable bonds is 3. The molecule has 1 unspecified atom stereocenters. The van der Waals surface area contributed by atoms with Crippen LogP contribution >= 0.6 is 0 Å². The van der Waals surface area contributed by atoms with Crippen molar-refractivity contribution < 1.29 is 13.9 Å². The molecule has 2 heterocycles. The van der Waals surface area contributed by atoms with E-state index in [1.165, 1.54) is 5.56 Å². The molecule has 3 nitrogen and oxygen atoms in total. The third-order valence-electron chi connectivity index (χ3n) is 4.38. The van der Waals surface area contributed by atoms with Crippen molar-refractivity contribution in [3.8, 4) is 0 Å². The van der Waals surface area contributed by atoms with Crippen LogP contribution in [-0.2, 0) is 15.1 Å². The summed E-state index contributed by atoms with van der Waals surface area (Å²) in [5, 5.41) is 2.30. The lowest BCUT2D eigenvalue weighted by atomic mass is 9.90. The summed E-state index contributed by atoms with van der Waals surface area (Å²) in [4.78, 5) is 0. The van der Waals surface area contributed by atoms with Gasteiger partial charge >= 0.3 is 0 Å². The predicted octanol–water partition coefficient (Wildman–Crippen LogP) is 4.24. The maximum absolute atomic E-state index is 6.05. The average molecular weight is 282 g/mol. The van der Waals surface area contributed by atoms with Crippen LogP contribution < -0.4 is 0 Å². The maximum Gasteiger partial charge on any atom is 0.135 e. The van der Waals surface area contributed by atoms with Gasteiger partial charge in [-0.15, -0.1) is 0 Å². The van der Waals surface area contributed by atoms with Gasteiger partial charge in [0.25, 0.3) is 0 Å². The Morgan fingerprint density at radius 1 is 1.10 bits per heavy atom. The van der Waals surface area contributed by atoms with Gasteiger partial charge in [-0.1, -0.05) is 24.3 Å². The van der Waals surface area contributed by atoms with Crippen molar-refractivity contribution in [1.82, 2.24) is 0 Å². The standard InChI is InChI=1S/C18H18O3/c1-19-12-18(9-4-10-20-18)13-7-8-17-15(11-13)14-5-2-3-6-16(14)21-17/h2-3,5-8,11H,4,9-10,12H2,1H3. The summed E-state index contributed by atoms with van der Waals surface area (Å²) < 4.78 is 17.4. The fraction of sp³-hybridized carbons (Fsp3) is 0.333. The van der Waals surface area contributed by atoms with Crippen molar-refractivity contribution >= 4 is 21.9 Å². The van der Waals surface area contributed by atoms with E-state index >= 15 is 0 Å². The quantitative estimate of drug-likeness (QED) is 0.720. The smallest absolute Gasteiger partial charge is 0.135 e.